The van der Waals surface area contributed by atoms with E-state index in [4.69, 9.17) is 4.74 Å². The van der Waals surface area contributed by atoms with E-state index in [0.29, 0.717) is 12.0 Å². The predicted octanol–water partition coefficient (Wildman–Crippen LogP) is 3.04. The van der Waals surface area contributed by atoms with Crippen molar-refractivity contribution in [3.63, 3.8) is 0 Å². The van der Waals surface area contributed by atoms with Crippen molar-refractivity contribution in [3.05, 3.63) is 29.8 Å². The predicted molar refractivity (Wildman–Crippen MR) is 67.1 cm³/mol. The summed E-state index contributed by atoms with van der Waals surface area (Å²) in [7, 11) is 0. The van der Waals surface area contributed by atoms with Crippen molar-refractivity contribution in [1.29, 1.82) is 0 Å². The first-order chi connectivity index (χ1) is 8.39. The number of fused-ring (bicyclic) bond motifs is 2. The number of benzene rings is 1. The molecule has 2 aliphatic heterocycles. The average Bonchev–Trinajstić information content (AvgIpc) is 2.38. The van der Waals surface area contributed by atoms with Gasteiger partial charge in [-0.1, -0.05) is 24.6 Å². The minimum absolute atomic E-state index is 0.155. The second kappa shape index (κ2) is 3.49. The highest BCUT2D eigenvalue weighted by Crippen LogP contribution is 2.53. The zero-order valence-electron chi connectivity index (χ0n) is 10.1. The Labute approximate surface area is 102 Å². The summed E-state index contributed by atoms with van der Waals surface area (Å²) >= 11 is 0. The molecule has 90 valence electrons. The van der Waals surface area contributed by atoms with Crippen LogP contribution in [-0.2, 0) is 0 Å². The lowest BCUT2D eigenvalue weighted by molar-refractivity contribution is -0.0817. The van der Waals surface area contributed by atoms with Gasteiger partial charge >= 0.3 is 0 Å². The lowest BCUT2D eigenvalue weighted by Gasteiger charge is -2.54. The summed E-state index contributed by atoms with van der Waals surface area (Å²) in [5, 5.41) is 3.72. The zero-order valence-corrected chi connectivity index (χ0v) is 10.1. The molecule has 1 aliphatic carbocycles. The SMILES string of the molecule is c1ccc2c(c1)O[C@@]13CCCC[C@@H]1[C@@H]2NCC3. The van der Waals surface area contributed by atoms with Gasteiger partial charge in [0, 0.05) is 17.5 Å². The molecule has 2 heteroatoms. The molecular formula is C15H19NO. The molecular weight excluding hydrogens is 210 g/mol. The fraction of sp³-hybridized carbons (Fsp3) is 0.600. The van der Waals surface area contributed by atoms with Crippen LogP contribution in [0.3, 0.4) is 0 Å². The van der Waals surface area contributed by atoms with Crippen LogP contribution in [0.15, 0.2) is 24.3 Å². The molecule has 0 unspecified atom stereocenters. The van der Waals surface area contributed by atoms with Gasteiger partial charge in [-0.05, 0) is 38.3 Å². The van der Waals surface area contributed by atoms with E-state index < -0.39 is 0 Å². The lowest BCUT2D eigenvalue weighted by Crippen LogP contribution is -2.59. The quantitative estimate of drug-likeness (QED) is 0.738. The van der Waals surface area contributed by atoms with Gasteiger partial charge in [0.05, 0.1) is 0 Å². The third-order valence-electron chi connectivity index (χ3n) is 4.92. The molecule has 4 rings (SSSR count). The smallest absolute Gasteiger partial charge is 0.124 e. The van der Waals surface area contributed by atoms with Gasteiger partial charge in [0.1, 0.15) is 11.4 Å². The summed E-state index contributed by atoms with van der Waals surface area (Å²) in [5.41, 5.74) is 1.54. The highest BCUT2D eigenvalue weighted by molar-refractivity contribution is 5.40. The summed E-state index contributed by atoms with van der Waals surface area (Å²) in [6.07, 6.45) is 6.47. The summed E-state index contributed by atoms with van der Waals surface area (Å²) in [4.78, 5) is 0. The highest BCUT2D eigenvalue weighted by Gasteiger charge is 2.52. The monoisotopic (exact) mass is 229 g/mol. The van der Waals surface area contributed by atoms with Crippen LogP contribution in [0.1, 0.15) is 43.7 Å². The van der Waals surface area contributed by atoms with Crippen LogP contribution >= 0.6 is 0 Å². The van der Waals surface area contributed by atoms with E-state index >= 15 is 0 Å². The van der Waals surface area contributed by atoms with Crippen molar-refractivity contribution in [1.82, 2.24) is 5.32 Å². The molecule has 0 radical (unpaired) electrons. The highest BCUT2D eigenvalue weighted by atomic mass is 16.5. The normalized spacial score (nSPS) is 38.8. The third-order valence-corrected chi connectivity index (χ3v) is 4.92. The first-order valence-corrected chi connectivity index (χ1v) is 6.90. The summed E-state index contributed by atoms with van der Waals surface area (Å²) in [6, 6.07) is 9.13. The minimum atomic E-state index is 0.155. The topological polar surface area (TPSA) is 21.3 Å². The number of piperidine rings is 1. The molecule has 17 heavy (non-hydrogen) atoms. The van der Waals surface area contributed by atoms with E-state index in [1.807, 2.05) is 0 Å². The Morgan fingerprint density at radius 3 is 3.12 bits per heavy atom. The van der Waals surface area contributed by atoms with Gasteiger partial charge in [0.2, 0.25) is 0 Å². The summed E-state index contributed by atoms with van der Waals surface area (Å²) < 4.78 is 6.45. The van der Waals surface area contributed by atoms with Crippen molar-refractivity contribution in [2.75, 3.05) is 6.54 Å². The van der Waals surface area contributed by atoms with Gasteiger partial charge in [0.15, 0.2) is 0 Å². The molecule has 0 spiro atoms. The largest absolute Gasteiger partial charge is 0.487 e. The second-order valence-electron chi connectivity index (χ2n) is 5.74. The Morgan fingerprint density at radius 2 is 2.12 bits per heavy atom. The molecule has 2 fully saturated rings. The van der Waals surface area contributed by atoms with E-state index in [2.05, 4.69) is 29.6 Å². The number of ether oxygens (including phenoxy) is 1. The standard InChI is InChI=1S/C15H19NO/c1-2-7-13-11(5-1)14-12-6-3-4-8-15(12,17-13)9-10-16-14/h1-2,5,7,12,14,16H,3-4,6,8-10H2/t12-,14-,15-/m1/s1. The van der Waals surface area contributed by atoms with E-state index in [0.717, 1.165) is 12.3 Å². The van der Waals surface area contributed by atoms with E-state index in [-0.39, 0.29) is 5.60 Å². The number of hydrogen-bond donors (Lipinski definition) is 1. The second-order valence-corrected chi connectivity index (χ2v) is 5.74. The van der Waals surface area contributed by atoms with Crippen LogP contribution in [-0.4, -0.2) is 12.1 Å². The van der Waals surface area contributed by atoms with Gasteiger partial charge in [-0.25, -0.2) is 0 Å². The van der Waals surface area contributed by atoms with E-state index in [9.17, 15) is 0 Å². The van der Waals surface area contributed by atoms with Crippen molar-refractivity contribution >= 4 is 0 Å². The molecule has 3 atom stereocenters. The molecule has 2 nitrogen and oxygen atoms in total. The van der Waals surface area contributed by atoms with Crippen LogP contribution in [0.25, 0.3) is 0 Å². The zero-order chi connectivity index (χ0) is 11.3. The Balaban J connectivity index is 1.85. The number of hydrogen-bond acceptors (Lipinski definition) is 2. The van der Waals surface area contributed by atoms with Crippen molar-refractivity contribution < 1.29 is 4.74 Å². The van der Waals surface area contributed by atoms with Crippen molar-refractivity contribution in [2.45, 2.75) is 43.7 Å². The molecule has 2 heterocycles. The maximum Gasteiger partial charge on any atom is 0.124 e. The van der Waals surface area contributed by atoms with Crippen LogP contribution < -0.4 is 10.1 Å². The summed E-state index contributed by atoms with van der Waals surface area (Å²) in [6.45, 7) is 1.11. The van der Waals surface area contributed by atoms with Gasteiger partial charge in [-0.2, -0.15) is 0 Å². The molecule has 0 amide bonds. The maximum absolute atomic E-state index is 6.45. The fourth-order valence-corrected chi connectivity index (χ4v) is 4.15. The number of nitrogens with one attached hydrogen (secondary N) is 1. The fourth-order valence-electron chi connectivity index (χ4n) is 4.15. The molecule has 1 aromatic carbocycles. The van der Waals surface area contributed by atoms with Crippen molar-refractivity contribution in [3.8, 4) is 5.75 Å². The molecule has 0 aromatic heterocycles. The molecule has 1 aromatic rings. The van der Waals surface area contributed by atoms with Gasteiger partial charge in [-0.15, -0.1) is 0 Å². The minimum Gasteiger partial charge on any atom is -0.487 e. The van der Waals surface area contributed by atoms with Crippen LogP contribution in [0.4, 0.5) is 0 Å². The first-order valence-electron chi connectivity index (χ1n) is 6.90. The first kappa shape index (κ1) is 9.95. The van der Waals surface area contributed by atoms with Crippen LogP contribution in [0, 0.1) is 5.92 Å². The molecule has 2 bridgehead atoms. The van der Waals surface area contributed by atoms with Crippen molar-refractivity contribution in [2.24, 2.45) is 5.92 Å². The molecule has 1 saturated carbocycles. The van der Waals surface area contributed by atoms with E-state index in [1.165, 1.54) is 37.7 Å². The average molecular weight is 229 g/mol. The lowest BCUT2D eigenvalue weighted by atomic mass is 9.65. The number of para-hydroxylation sites is 1. The Bertz CT molecular complexity index is 440. The van der Waals surface area contributed by atoms with Gasteiger partial charge in [-0.3, -0.25) is 0 Å². The Morgan fingerprint density at radius 1 is 1.18 bits per heavy atom. The Kier molecular flexibility index (Phi) is 2.04. The van der Waals surface area contributed by atoms with Crippen LogP contribution in [0.5, 0.6) is 5.75 Å². The molecule has 3 aliphatic rings. The number of rotatable bonds is 0. The van der Waals surface area contributed by atoms with Gasteiger partial charge in [0.25, 0.3) is 0 Å². The van der Waals surface area contributed by atoms with Crippen LogP contribution in [0.2, 0.25) is 0 Å². The molecule has 1 saturated heterocycles. The Hall–Kier alpha value is -1.02. The molecule has 1 N–H and O–H groups in total. The summed E-state index contributed by atoms with van der Waals surface area (Å²) in [5.74, 6) is 1.82. The van der Waals surface area contributed by atoms with Gasteiger partial charge < -0.3 is 10.1 Å². The maximum atomic E-state index is 6.45. The third kappa shape index (κ3) is 1.30. The van der Waals surface area contributed by atoms with E-state index in [1.54, 1.807) is 0 Å².